The van der Waals surface area contributed by atoms with E-state index in [4.69, 9.17) is 0 Å². The molecule has 0 aromatic heterocycles. The molecule has 2 aliphatic rings. The van der Waals surface area contributed by atoms with Gasteiger partial charge in [-0.15, -0.1) is 0 Å². The van der Waals surface area contributed by atoms with Crippen molar-refractivity contribution in [1.29, 1.82) is 0 Å². The van der Waals surface area contributed by atoms with Gasteiger partial charge >= 0.3 is 0 Å². The fourth-order valence-electron chi connectivity index (χ4n) is 3.58. The van der Waals surface area contributed by atoms with Crippen LogP contribution in [0.2, 0.25) is 0 Å². The fraction of sp³-hybridized carbons (Fsp3) is 0.364. The highest BCUT2D eigenvalue weighted by Gasteiger charge is 2.48. The van der Waals surface area contributed by atoms with E-state index in [0.717, 1.165) is 36.3 Å². The van der Waals surface area contributed by atoms with E-state index in [1.165, 1.54) is 17.5 Å². The second kappa shape index (κ2) is 6.23. The van der Waals surface area contributed by atoms with Gasteiger partial charge in [-0.25, -0.2) is 0 Å². The summed E-state index contributed by atoms with van der Waals surface area (Å²) in [5.41, 5.74) is 5.02. The lowest BCUT2D eigenvalue weighted by molar-refractivity contribution is 0.419. The van der Waals surface area contributed by atoms with E-state index in [1.807, 2.05) is 12.2 Å². The van der Waals surface area contributed by atoms with Gasteiger partial charge in [0.2, 0.25) is 0 Å². The minimum absolute atomic E-state index is 0.356. The highest BCUT2D eigenvalue weighted by Crippen LogP contribution is 2.54. The molecular formula is C22H26O. The molecule has 0 aliphatic heterocycles. The average molecular weight is 306 g/mol. The van der Waals surface area contributed by atoms with Crippen LogP contribution in [0.4, 0.5) is 0 Å². The molecule has 0 saturated heterocycles. The van der Waals surface area contributed by atoms with E-state index in [1.54, 1.807) is 0 Å². The molecule has 23 heavy (non-hydrogen) atoms. The number of benzene rings is 1. The van der Waals surface area contributed by atoms with E-state index < -0.39 is 0 Å². The lowest BCUT2D eigenvalue weighted by Crippen LogP contribution is -2.07. The molecule has 2 unspecified atom stereocenters. The van der Waals surface area contributed by atoms with Crippen molar-refractivity contribution in [3.8, 4) is 0 Å². The number of allylic oxidation sites excluding steroid dienone is 5. The summed E-state index contributed by atoms with van der Waals surface area (Å²) in [5, 5.41) is 9.94. The van der Waals surface area contributed by atoms with Crippen LogP contribution in [0.3, 0.4) is 0 Å². The molecule has 0 bridgehead atoms. The molecule has 0 amide bonds. The van der Waals surface area contributed by atoms with Gasteiger partial charge in [0.05, 0.1) is 0 Å². The molecule has 1 fully saturated rings. The molecule has 1 nitrogen and oxygen atoms in total. The average Bonchev–Trinajstić information content (AvgIpc) is 3.16. The van der Waals surface area contributed by atoms with Gasteiger partial charge in [0.15, 0.2) is 0 Å². The van der Waals surface area contributed by atoms with Gasteiger partial charge < -0.3 is 5.11 Å². The van der Waals surface area contributed by atoms with Crippen LogP contribution in [0.1, 0.15) is 44.2 Å². The summed E-state index contributed by atoms with van der Waals surface area (Å²) in [6.45, 7) is 8.80. The Hall–Kier alpha value is -2.02. The maximum absolute atomic E-state index is 9.94. The Bertz CT molecular complexity index is 704. The molecule has 120 valence electrons. The Kier molecular flexibility index (Phi) is 4.30. The first kappa shape index (κ1) is 15.9. The minimum atomic E-state index is 0.356. The van der Waals surface area contributed by atoms with Gasteiger partial charge in [-0.2, -0.15) is 0 Å². The predicted octanol–water partition coefficient (Wildman–Crippen LogP) is 5.80. The molecular weight excluding hydrogens is 280 g/mol. The summed E-state index contributed by atoms with van der Waals surface area (Å²) < 4.78 is 0. The zero-order valence-corrected chi connectivity index (χ0v) is 14.2. The van der Waals surface area contributed by atoms with Crippen molar-refractivity contribution < 1.29 is 5.11 Å². The third-order valence-electron chi connectivity index (χ3n) is 5.42. The Morgan fingerprint density at radius 2 is 2.00 bits per heavy atom. The van der Waals surface area contributed by atoms with Crippen molar-refractivity contribution in [2.45, 2.75) is 44.9 Å². The molecule has 1 N–H and O–H groups in total. The van der Waals surface area contributed by atoms with Crippen LogP contribution in [-0.4, -0.2) is 5.11 Å². The third-order valence-corrected chi connectivity index (χ3v) is 5.42. The molecule has 0 heterocycles. The van der Waals surface area contributed by atoms with Crippen LogP contribution < -0.4 is 0 Å². The van der Waals surface area contributed by atoms with Crippen LogP contribution in [0, 0.1) is 5.92 Å². The van der Waals surface area contributed by atoms with E-state index in [2.05, 4.69) is 56.8 Å². The molecule has 0 radical (unpaired) electrons. The van der Waals surface area contributed by atoms with E-state index >= 15 is 0 Å². The summed E-state index contributed by atoms with van der Waals surface area (Å²) in [7, 11) is 0. The topological polar surface area (TPSA) is 20.2 Å². The van der Waals surface area contributed by atoms with Crippen LogP contribution in [0.25, 0.3) is 0 Å². The van der Waals surface area contributed by atoms with Gasteiger partial charge in [-0.1, -0.05) is 62.9 Å². The molecule has 1 aromatic rings. The van der Waals surface area contributed by atoms with E-state index in [0.29, 0.717) is 11.2 Å². The van der Waals surface area contributed by atoms with Crippen molar-refractivity contribution in [2.75, 3.05) is 0 Å². The summed E-state index contributed by atoms with van der Waals surface area (Å²) >= 11 is 0. The van der Waals surface area contributed by atoms with Crippen molar-refractivity contribution in [1.82, 2.24) is 0 Å². The normalized spacial score (nSPS) is 26.8. The Morgan fingerprint density at radius 3 is 2.70 bits per heavy atom. The summed E-state index contributed by atoms with van der Waals surface area (Å²) in [6, 6.07) is 8.78. The first-order valence-corrected chi connectivity index (χ1v) is 8.56. The van der Waals surface area contributed by atoms with Crippen LogP contribution in [-0.2, 0) is 11.8 Å². The maximum atomic E-state index is 9.94. The van der Waals surface area contributed by atoms with E-state index in [9.17, 15) is 5.11 Å². The predicted molar refractivity (Wildman–Crippen MR) is 97.6 cm³/mol. The van der Waals surface area contributed by atoms with Gasteiger partial charge in [0, 0.05) is 5.57 Å². The summed E-state index contributed by atoms with van der Waals surface area (Å²) in [5.74, 6) is 1.14. The number of hydrogen-bond acceptors (Lipinski definition) is 1. The zero-order chi connectivity index (χ0) is 16.4. The summed E-state index contributed by atoms with van der Waals surface area (Å²) in [4.78, 5) is 0. The molecule has 2 aliphatic carbocycles. The lowest BCUT2D eigenvalue weighted by atomic mass is 9.89. The number of hydrogen-bond donors (Lipinski definition) is 1. The number of rotatable bonds is 5. The van der Waals surface area contributed by atoms with Crippen molar-refractivity contribution >= 4 is 0 Å². The van der Waals surface area contributed by atoms with E-state index in [-0.39, 0.29) is 0 Å². The molecule has 0 spiro atoms. The number of aliphatic hydroxyl groups is 1. The zero-order valence-electron chi connectivity index (χ0n) is 14.2. The maximum Gasteiger partial charge on any atom is 0.119 e. The highest BCUT2D eigenvalue weighted by atomic mass is 16.3. The quantitative estimate of drug-likeness (QED) is 0.681. The van der Waals surface area contributed by atoms with Crippen molar-refractivity contribution in [3.05, 3.63) is 83.2 Å². The molecule has 1 heteroatoms. The number of aliphatic hydroxyl groups excluding tert-OH is 1. The Balaban J connectivity index is 1.71. The molecule has 2 atom stereocenters. The van der Waals surface area contributed by atoms with Gasteiger partial charge in [0.25, 0.3) is 0 Å². The minimum Gasteiger partial charge on any atom is -0.508 e. The Labute approximate surface area is 139 Å². The van der Waals surface area contributed by atoms with Crippen molar-refractivity contribution in [2.24, 2.45) is 5.92 Å². The second-order valence-corrected chi connectivity index (χ2v) is 7.10. The van der Waals surface area contributed by atoms with Crippen LogP contribution in [0.15, 0.2) is 72.1 Å². The highest BCUT2D eigenvalue weighted by molar-refractivity contribution is 5.49. The molecule has 1 saturated carbocycles. The van der Waals surface area contributed by atoms with Crippen molar-refractivity contribution in [3.63, 3.8) is 0 Å². The Morgan fingerprint density at radius 1 is 1.30 bits per heavy atom. The smallest absolute Gasteiger partial charge is 0.119 e. The fourth-order valence-corrected chi connectivity index (χ4v) is 3.58. The summed E-state index contributed by atoms with van der Waals surface area (Å²) in [6.07, 6.45) is 12.2. The lowest BCUT2D eigenvalue weighted by Gasteiger charge is -2.15. The monoisotopic (exact) mass is 306 g/mol. The first-order chi connectivity index (χ1) is 11.0. The van der Waals surface area contributed by atoms with Crippen LogP contribution in [0.5, 0.6) is 0 Å². The van der Waals surface area contributed by atoms with Crippen LogP contribution >= 0.6 is 0 Å². The van der Waals surface area contributed by atoms with Gasteiger partial charge in [-0.05, 0) is 59.8 Å². The third kappa shape index (κ3) is 3.19. The SMILES string of the molecule is C=C(/C=C\Cc1ccccc1C1(C)CC1C)C1=CCCC=C1O. The standard InChI is InChI=1S/C22H26O/c1-16(19-12-5-7-14-21(19)23)9-8-11-18-10-4-6-13-20(18)22(3)15-17(22)2/h4,6,8-10,12-14,17,23H,1,5,7,11,15H2,2-3H3/b9-8-. The second-order valence-electron chi connectivity index (χ2n) is 7.10. The molecule has 3 rings (SSSR count). The van der Waals surface area contributed by atoms with Gasteiger partial charge in [0.1, 0.15) is 5.76 Å². The first-order valence-electron chi connectivity index (χ1n) is 8.56. The van der Waals surface area contributed by atoms with Gasteiger partial charge in [-0.3, -0.25) is 0 Å². The largest absolute Gasteiger partial charge is 0.508 e. The molecule has 1 aromatic carbocycles.